The molecule has 1 N–H and O–H groups in total. The fourth-order valence-electron chi connectivity index (χ4n) is 2.81. The third-order valence-corrected chi connectivity index (χ3v) is 10.2. The highest BCUT2D eigenvalue weighted by molar-refractivity contribution is 6.74. The maximum Gasteiger partial charge on any atom is 0.240 e. The van der Waals surface area contributed by atoms with E-state index < -0.39 is 14.1 Å². The van der Waals surface area contributed by atoms with E-state index in [2.05, 4.69) is 51.0 Å². The Bertz CT molecular complexity index is 857. The first-order valence-corrected chi connectivity index (χ1v) is 13.1. The second-order valence-corrected chi connectivity index (χ2v) is 13.8. The van der Waals surface area contributed by atoms with Crippen molar-refractivity contribution in [1.82, 2.24) is 5.43 Å². The lowest BCUT2D eigenvalue weighted by Gasteiger charge is -2.35. The molecule has 2 rings (SSSR count). The molecule has 30 heavy (non-hydrogen) atoms. The van der Waals surface area contributed by atoms with E-state index in [0.717, 1.165) is 0 Å². The van der Waals surface area contributed by atoms with E-state index in [1.165, 1.54) is 6.08 Å². The Morgan fingerprint density at radius 1 is 1.30 bits per heavy atom. The minimum Gasteiger partial charge on any atom is -0.489 e. The molecule has 1 amide bonds. The first kappa shape index (κ1) is 24.0. The molecule has 164 valence electrons. The number of hydrogen-bond donors (Lipinski definition) is 1. The molecule has 1 atom stereocenters. The van der Waals surface area contributed by atoms with E-state index in [-0.39, 0.29) is 28.8 Å². The van der Waals surface area contributed by atoms with Crippen LogP contribution in [0.15, 0.2) is 36.0 Å². The van der Waals surface area contributed by atoms with Gasteiger partial charge in [0.05, 0.1) is 17.9 Å². The van der Waals surface area contributed by atoms with Crippen molar-refractivity contribution in [3.8, 4) is 5.75 Å². The number of benzene rings is 1. The van der Waals surface area contributed by atoms with Crippen LogP contribution < -0.4 is 10.2 Å². The zero-order valence-electron chi connectivity index (χ0n) is 18.8. The first-order valence-electron chi connectivity index (χ1n) is 10.2. The average molecular weight is 433 g/mol. The molecule has 5 nitrogen and oxygen atoms in total. The van der Waals surface area contributed by atoms with E-state index >= 15 is 4.39 Å². The predicted molar refractivity (Wildman–Crippen MR) is 123 cm³/mol. The van der Waals surface area contributed by atoms with Crippen LogP contribution in [-0.4, -0.2) is 33.2 Å². The zero-order valence-corrected chi connectivity index (χ0v) is 19.8. The van der Waals surface area contributed by atoms with Crippen LogP contribution in [0.4, 0.5) is 4.39 Å². The SMILES string of the molecule is C=Cc1c(OCC=CCO[Si](C)(C)C(C)(C)C)ccc(C2=NNC(=O)CC2C)c1F. The van der Waals surface area contributed by atoms with E-state index in [9.17, 15) is 4.79 Å². The molecule has 1 aromatic carbocycles. The van der Waals surface area contributed by atoms with Crippen LogP contribution in [0.5, 0.6) is 5.75 Å². The minimum atomic E-state index is -1.78. The van der Waals surface area contributed by atoms with Crippen molar-refractivity contribution in [2.45, 2.75) is 52.2 Å². The van der Waals surface area contributed by atoms with Gasteiger partial charge in [0.2, 0.25) is 5.91 Å². The van der Waals surface area contributed by atoms with Crippen LogP contribution >= 0.6 is 0 Å². The van der Waals surface area contributed by atoms with Crippen molar-refractivity contribution in [2.24, 2.45) is 11.0 Å². The van der Waals surface area contributed by atoms with Crippen molar-refractivity contribution in [3.63, 3.8) is 0 Å². The largest absolute Gasteiger partial charge is 0.489 e. The molecular weight excluding hydrogens is 399 g/mol. The van der Waals surface area contributed by atoms with Crippen LogP contribution in [0, 0.1) is 11.7 Å². The molecule has 0 aromatic heterocycles. The van der Waals surface area contributed by atoms with E-state index in [0.29, 0.717) is 30.2 Å². The van der Waals surface area contributed by atoms with Gasteiger partial charge in [0.15, 0.2) is 8.32 Å². The molecule has 0 saturated heterocycles. The quantitative estimate of drug-likeness (QED) is 0.449. The Hall–Kier alpha value is -2.25. The molecule has 1 aliphatic heterocycles. The molecule has 0 saturated carbocycles. The summed E-state index contributed by atoms with van der Waals surface area (Å²) in [5.74, 6) is -0.370. The molecule has 0 fully saturated rings. The van der Waals surface area contributed by atoms with E-state index in [1.807, 2.05) is 19.1 Å². The summed E-state index contributed by atoms with van der Waals surface area (Å²) >= 11 is 0. The fraction of sp³-hybridized carbons (Fsp3) is 0.478. The molecule has 0 spiro atoms. The highest BCUT2D eigenvalue weighted by Crippen LogP contribution is 2.36. The highest BCUT2D eigenvalue weighted by Gasteiger charge is 2.36. The Kier molecular flexibility index (Phi) is 7.77. The average Bonchev–Trinajstić information content (AvgIpc) is 2.64. The molecule has 1 aromatic rings. The van der Waals surface area contributed by atoms with Gasteiger partial charge in [0, 0.05) is 17.9 Å². The molecule has 1 unspecified atom stereocenters. The Morgan fingerprint density at radius 2 is 1.97 bits per heavy atom. The summed E-state index contributed by atoms with van der Waals surface area (Å²) in [6.07, 6.45) is 5.52. The number of ether oxygens (including phenoxy) is 1. The lowest BCUT2D eigenvalue weighted by Crippen LogP contribution is -2.40. The van der Waals surface area contributed by atoms with Gasteiger partial charge in [-0.15, -0.1) is 0 Å². The number of halogens is 1. The second kappa shape index (κ2) is 9.70. The third kappa shape index (κ3) is 5.67. The maximum absolute atomic E-state index is 15.1. The number of hydrogen-bond acceptors (Lipinski definition) is 4. The number of hydrazone groups is 1. The van der Waals surface area contributed by atoms with Crippen molar-refractivity contribution in [1.29, 1.82) is 0 Å². The fourth-order valence-corrected chi connectivity index (χ4v) is 3.76. The Labute approximate surface area is 180 Å². The topological polar surface area (TPSA) is 59.9 Å². The number of carbonyl (C=O) groups is 1. The lowest BCUT2D eigenvalue weighted by atomic mass is 9.92. The lowest BCUT2D eigenvalue weighted by molar-refractivity contribution is -0.121. The molecular formula is C23H33FN2O3Si. The van der Waals surface area contributed by atoms with Gasteiger partial charge in [-0.25, -0.2) is 9.82 Å². The number of carbonyl (C=O) groups excluding carboxylic acids is 1. The number of amides is 1. The summed E-state index contributed by atoms with van der Waals surface area (Å²) in [7, 11) is -1.78. The monoisotopic (exact) mass is 432 g/mol. The van der Waals surface area contributed by atoms with Crippen LogP contribution in [0.25, 0.3) is 6.08 Å². The van der Waals surface area contributed by atoms with Gasteiger partial charge in [-0.1, -0.05) is 46.4 Å². The van der Waals surface area contributed by atoms with Crippen molar-refractivity contribution in [2.75, 3.05) is 13.2 Å². The van der Waals surface area contributed by atoms with Gasteiger partial charge in [0.1, 0.15) is 18.2 Å². The minimum absolute atomic E-state index is 0.165. The highest BCUT2D eigenvalue weighted by atomic mass is 28.4. The molecule has 1 heterocycles. The van der Waals surface area contributed by atoms with Crippen LogP contribution in [0.2, 0.25) is 18.1 Å². The smallest absolute Gasteiger partial charge is 0.240 e. The zero-order chi connectivity index (χ0) is 22.5. The van der Waals surface area contributed by atoms with Crippen molar-refractivity contribution in [3.05, 3.63) is 47.8 Å². The summed E-state index contributed by atoms with van der Waals surface area (Å²) in [5.41, 5.74) is 3.57. The first-order chi connectivity index (χ1) is 14.0. The third-order valence-electron chi connectivity index (χ3n) is 5.73. The Morgan fingerprint density at radius 3 is 2.57 bits per heavy atom. The summed E-state index contributed by atoms with van der Waals surface area (Å²) in [6, 6.07) is 3.34. The van der Waals surface area contributed by atoms with Crippen LogP contribution in [-0.2, 0) is 9.22 Å². The van der Waals surface area contributed by atoms with Gasteiger partial charge in [-0.2, -0.15) is 5.10 Å². The summed E-state index contributed by atoms with van der Waals surface area (Å²) in [4.78, 5) is 11.4. The van der Waals surface area contributed by atoms with Crippen molar-refractivity contribution < 1.29 is 18.3 Å². The number of nitrogens with one attached hydrogen (secondary N) is 1. The van der Waals surface area contributed by atoms with Gasteiger partial charge in [-0.05, 0) is 36.3 Å². The Balaban J connectivity index is 2.03. The van der Waals surface area contributed by atoms with Crippen molar-refractivity contribution >= 4 is 26.0 Å². The molecule has 0 radical (unpaired) electrons. The summed E-state index contributed by atoms with van der Waals surface area (Å²) in [5, 5.41) is 4.21. The molecule has 0 bridgehead atoms. The second-order valence-electron chi connectivity index (χ2n) is 9.03. The molecule has 0 aliphatic carbocycles. The number of nitrogens with zero attached hydrogens (tertiary/aromatic N) is 1. The molecule has 1 aliphatic rings. The van der Waals surface area contributed by atoms with Crippen LogP contribution in [0.3, 0.4) is 0 Å². The molecule has 7 heteroatoms. The normalized spacial score (nSPS) is 17.6. The summed E-state index contributed by atoms with van der Waals surface area (Å²) < 4.78 is 26.9. The maximum atomic E-state index is 15.1. The van der Waals surface area contributed by atoms with Crippen LogP contribution in [0.1, 0.15) is 45.2 Å². The number of rotatable bonds is 8. The van der Waals surface area contributed by atoms with E-state index in [1.54, 1.807) is 12.1 Å². The van der Waals surface area contributed by atoms with Gasteiger partial charge in [0.25, 0.3) is 0 Å². The van der Waals surface area contributed by atoms with Gasteiger partial charge >= 0.3 is 0 Å². The van der Waals surface area contributed by atoms with E-state index in [4.69, 9.17) is 9.16 Å². The predicted octanol–water partition coefficient (Wildman–Crippen LogP) is 5.29. The van der Waals surface area contributed by atoms with Gasteiger partial charge in [-0.3, -0.25) is 4.79 Å². The standard InChI is InChI=1S/C23H33FN2O3Si/c1-8-17-19(28-13-9-10-14-29-30(6,7)23(3,4)5)12-11-18(21(17)24)22-16(2)15-20(27)25-26-22/h8-12,16H,1,13-15H2,2-7H3,(H,25,27). The van der Waals surface area contributed by atoms with Gasteiger partial charge < -0.3 is 9.16 Å². The summed E-state index contributed by atoms with van der Waals surface area (Å²) in [6.45, 7) is 17.4.